The molecule has 0 saturated heterocycles. The van der Waals surface area contributed by atoms with Gasteiger partial charge < -0.3 is 5.32 Å². The lowest BCUT2D eigenvalue weighted by atomic mass is 10.1. The van der Waals surface area contributed by atoms with Gasteiger partial charge in [0.1, 0.15) is 5.15 Å². The van der Waals surface area contributed by atoms with Crippen LogP contribution in [0.15, 0.2) is 42.6 Å². The first-order chi connectivity index (χ1) is 9.98. The van der Waals surface area contributed by atoms with Crippen LogP contribution in [-0.2, 0) is 22.3 Å². The number of nitrogens with one attached hydrogen (secondary N) is 2. The van der Waals surface area contributed by atoms with Crippen molar-refractivity contribution in [3.05, 3.63) is 58.9 Å². The zero-order valence-corrected chi connectivity index (χ0v) is 13.1. The molecule has 21 heavy (non-hydrogen) atoms. The highest BCUT2D eigenvalue weighted by atomic mass is 35.5. The van der Waals surface area contributed by atoms with Gasteiger partial charge in [-0.3, -0.25) is 0 Å². The van der Waals surface area contributed by atoms with Gasteiger partial charge in [-0.05, 0) is 30.3 Å². The number of sulfonamides is 1. The van der Waals surface area contributed by atoms with Crippen LogP contribution >= 0.6 is 11.6 Å². The standard InChI is InChI=1S/C14H16ClN3O2S/c1-16-21(19,20)10-12-4-2-3-11(7-12)9-18-13-5-6-17-14(15)8-13/h2-8,16H,9-10H2,1H3,(H,17,18). The van der Waals surface area contributed by atoms with Gasteiger partial charge in [-0.1, -0.05) is 35.9 Å². The normalized spacial score (nSPS) is 11.3. The summed E-state index contributed by atoms with van der Waals surface area (Å²) in [7, 11) is -1.85. The Labute approximate surface area is 129 Å². The third-order valence-electron chi connectivity index (χ3n) is 2.88. The predicted molar refractivity (Wildman–Crippen MR) is 84.7 cm³/mol. The summed E-state index contributed by atoms with van der Waals surface area (Å²) in [4.78, 5) is 3.91. The molecule has 1 heterocycles. The summed E-state index contributed by atoms with van der Waals surface area (Å²) < 4.78 is 25.4. The van der Waals surface area contributed by atoms with E-state index in [9.17, 15) is 8.42 Å². The van der Waals surface area contributed by atoms with Crippen LogP contribution in [0, 0.1) is 0 Å². The molecule has 2 aromatic rings. The summed E-state index contributed by atoms with van der Waals surface area (Å²) in [5.74, 6) is -0.0293. The van der Waals surface area contributed by atoms with Gasteiger partial charge in [0.05, 0.1) is 5.75 Å². The lowest BCUT2D eigenvalue weighted by molar-refractivity contribution is 0.587. The number of rotatable bonds is 6. The minimum atomic E-state index is -3.26. The van der Waals surface area contributed by atoms with Crippen LogP contribution in [0.1, 0.15) is 11.1 Å². The maximum Gasteiger partial charge on any atom is 0.215 e. The van der Waals surface area contributed by atoms with Gasteiger partial charge in [-0.15, -0.1) is 0 Å². The number of halogens is 1. The van der Waals surface area contributed by atoms with E-state index >= 15 is 0 Å². The van der Waals surface area contributed by atoms with E-state index in [2.05, 4.69) is 15.0 Å². The molecule has 1 aromatic heterocycles. The average Bonchev–Trinajstić information content (AvgIpc) is 2.45. The molecule has 5 nitrogen and oxygen atoms in total. The third kappa shape index (κ3) is 5.00. The second-order valence-electron chi connectivity index (χ2n) is 4.50. The maximum absolute atomic E-state index is 11.5. The lowest BCUT2D eigenvalue weighted by Gasteiger charge is -2.08. The van der Waals surface area contributed by atoms with Gasteiger partial charge in [-0.25, -0.2) is 18.1 Å². The van der Waals surface area contributed by atoms with Crippen molar-refractivity contribution in [1.29, 1.82) is 0 Å². The zero-order chi connectivity index (χ0) is 15.3. The van der Waals surface area contributed by atoms with Crippen LogP contribution in [0.2, 0.25) is 5.15 Å². The molecular formula is C14H16ClN3O2S. The molecule has 112 valence electrons. The van der Waals surface area contributed by atoms with Crippen LogP contribution in [0.5, 0.6) is 0 Å². The number of benzene rings is 1. The van der Waals surface area contributed by atoms with Gasteiger partial charge in [0.25, 0.3) is 0 Å². The first-order valence-corrected chi connectivity index (χ1v) is 8.36. The molecule has 1 aromatic carbocycles. The van der Waals surface area contributed by atoms with Crippen LogP contribution in [-0.4, -0.2) is 20.4 Å². The minimum Gasteiger partial charge on any atom is -0.381 e. The topological polar surface area (TPSA) is 71.1 Å². The summed E-state index contributed by atoms with van der Waals surface area (Å²) in [6.07, 6.45) is 1.63. The molecular weight excluding hydrogens is 310 g/mol. The Kier molecular flexibility index (Phi) is 5.17. The second-order valence-corrected chi connectivity index (χ2v) is 6.82. The van der Waals surface area contributed by atoms with Gasteiger partial charge in [0.2, 0.25) is 10.0 Å². The Morgan fingerprint density at radius 3 is 2.67 bits per heavy atom. The molecule has 0 spiro atoms. The SMILES string of the molecule is CNS(=O)(=O)Cc1cccc(CNc2ccnc(Cl)c2)c1. The van der Waals surface area contributed by atoms with Crippen LogP contribution in [0.25, 0.3) is 0 Å². The second kappa shape index (κ2) is 6.89. The monoisotopic (exact) mass is 325 g/mol. The smallest absolute Gasteiger partial charge is 0.215 e. The number of pyridine rings is 1. The zero-order valence-electron chi connectivity index (χ0n) is 11.5. The van der Waals surface area contributed by atoms with E-state index in [1.165, 1.54) is 7.05 Å². The van der Waals surface area contributed by atoms with Crippen molar-refractivity contribution in [3.8, 4) is 0 Å². The van der Waals surface area contributed by atoms with Gasteiger partial charge >= 0.3 is 0 Å². The van der Waals surface area contributed by atoms with Crippen molar-refractivity contribution in [1.82, 2.24) is 9.71 Å². The third-order valence-corrected chi connectivity index (χ3v) is 4.42. The molecule has 0 radical (unpaired) electrons. The van der Waals surface area contributed by atoms with E-state index in [1.54, 1.807) is 18.3 Å². The molecule has 2 rings (SSSR count). The Morgan fingerprint density at radius 1 is 1.19 bits per heavy atom. The van der Waals surface area contributed by atoms with Crippen LogP contribution in [0.4, 0.5) is 5.69 Å². The fourth-order valence-corrected chi connectivity index (χ4v) is 2.77. The molecule has 0 aliphatic carbocycles. The predicted octanol–water partition coefficient (Wildman–Crippen LogP) is 2.40. The highest BCUT2D eigenvalue weighted by Gasteiger charge is 2.08. The van der Waals surface area contributed by atoms with Crippen molar-refractivity contribution in [3.63, 3.8) is 0 Å². The highest BCUT2D eigenvalue weighted by Crippen LogP contribution is 2.14. The van der Waals surface area contributed by atoms with Crippen LogP contribution in [0.3, 0.4) is 0 Å². The highest BCUT2D eigenvalue weighted by molar-refractivity contribution is 7.88. The molecule has 0 saturated carbocycles. The molecule has 7 heteroatoms. The minimum absolute atomic E-state index is 0.0293. The molecule has 0 aliphatic heterocycles. The van der Waals surface area contributed by atoms with Crippen LogP contribution < -0.4 is 10.0 Å². The number of nitrogens with zero attached hydrogens (tertiary/aromatic N) is 1. The van der Waals surface area contributed by atoms with Crippen molar-refractivity contribution >= 4 is 27.3 Å². The number of aromatic nitrogens is 1. The maximum atomic E-state index is 11.5. The molecule has 0 bridgehead atoms. The summed E-state index contributed by atoms with van der Waals surface area (Å²) in [5, 5.41) is 3.64. The van der Waals surface area contributed by atoms with Crippen molar-refractivity contribution in [2.45, 2.75) is 12.3 Å². The van der Waals surface area contributed by atoms with Gasteiger partial charge in [0, 0.05) is 18.4 Å². The van der Waals surface area contributed by atoms with E-state index in [-0.39, 0.29) is 5.75 Å². The Balaban J connectivity index is 2.04. The number of hydrogen-bond donors (Lipinski definition) is 2. The largest absolute Gasteiger partial charge is 0.381 e. The molecule has 0 atom stereocenters. The van der Waals surface area contributed by atoms with E-state index in [4.69, 9.17) is 11.6 Å². The molecule has 0 amide bonds. The molecule has 2 N–H and O–H groups in total. The fraction of sp³-hybridized carbons (Fsp3) is 0.214. The molecule has 0 unspecified atom stereocenters. The lowest BCUT2D eigenvalue weighted by Crippen LogP contribution is -2.20. The van der Waals surface area contributed by atoms with Gasteiger partial charge in [-0.2, -0.15) is 0 Å². The quantitative estimate of drug-likeness (QED) is 0.800. The van der Waals surface area contributed by atoms with E-state index in [0.717, 1.165) is 16.8 Å². The molecule has 0 fully saturated rings. The molecule has 0 aliphatic rings. The Bertz CT molecular complexity index is 720. The number of anilines is 1. The van der Waals surface area contributed by atoms with Gasteiger partial charge in [0.15, 0.2) is 0 Å². The number of hydrogen-bond acceptors (Lipinski definition) is 4. The van der Waals surface area contributed by atoms with E-state index in [1.807, 2.05) is 24.3 Å². The summed E-state index contributed by atoms with van der Waals surface area (Å²) in [6, 6.07) is 11.0. The summed E-state index contributed by atoms with van der Waals surface area (Å²) >= 11 is 5.82. The first kappa shape index (κ1) is 15.8. The Hall–Kier alpha value is -1.63. The van der Waals surface area contributed by atoms with E-state index in [0.29, 0.717) is 11.7 Å². The summed E-state index contributed by atoms with van der Waals surface area (Å²) in [5.41, 5.74) is 2.60. The first-order valence-electron chi connectivity index (χ1n) is 6.33. The average molecular weight is 326 g/mol. The van der Waals surface area contributed by atoms with Crippen molar-refractivity contribution < 1.29 is 8.42 Å². The van der Waals surface area contributed by atoms with E-state index < -0.39 is 10.0 Å². The fourth-order valence-electron chi connectivity index (χ4n) is 1.84. The van der Waals surface area contributed by atoms with Crippen molar-refractivity contribution in [2.75, 3.05) is 12.4 Å². The van der Waals surface area contributed by atoms with Crippen molar-refractivity contribution in [2.24, 2.45) is 0 Å². The Morgan fingerprint density at radius 2 is 1.95 bits per heavy atom. The summed E-state index contributed by atoms with van der Waals surface area (Å²) in [6.45, 7) is 0.577.